The zero-order valence-corrected chi connectivity index (χ0v) is 11.8. The molecule has 108 valence electrons. The van der Waals surface area contributed by atoms with E-state index in [1.165, 1.54) is 12.0 Å². The molecule has 0 spiro atoms. The lowest BCUT2D eigenvalue weighted by atomic mass is 10.0. The molecule has 0 aromatic heterocycles. The van der Waals surface area contributed by atoms with Gasteiger partial charge in [-0.25, -0.2) is 4.79 Å². The molecule has 1 N–H and O–H groups in total. The third-order valence-electron chi connectivity index (χ3n) is 3.14. The summed E-state index contributed by atoms with van der Waals surface area (Å²) in [6.45, 7) is 0.378. The first-order chi connectivity index (χ1) is 9.52. The number of ether oxygens (including phenoxy) is 2. The molecule has 0 radical (unpaired) electrons. The van der Waals surface area contributed by atoms with Gasteiger partial charge in [-0.3, -0.25) is 4.79 Å². The summed E-state index contributed by atoms with van der Waals surface area (Å²) in [6.07, 6.45) is 0.440. The maximum atomic E-state index is 12.5. The molecule has 6 heteroatoms. The number of Topliss-reactive ketones (excluding diaryl/α,β-unsaturated/α-hetero) is 1. The topological polar surface area (TPSA) is 67.9 Å². The van der Waals surface area contributed by atoms with Crippen molar-refractivity contribution in [1.82, 2.24) is 10.2 Å². The van der Waals surface area contributed by atoms with E-state index in [0.29, 0.717) is 30.1 Å². The number of carbonyl (C=O) groups excluding carboxylic acids is 2. The average Bonchev–Trinajstić information content (AvgIpc) is 2.59. The molecule has 1 unspecified atom stereocenters. The summed E-state index contributed by atoms with van der Waals surface area (Å²) in [4.78, 5) is 25.6. The molecule has 1 heterocycles. The standard InChI is InChI=1S/C14H18N2O4/c1-16(2)14(18)15-11-6-7-20-12-5-4-9(19-3)8-10(12)13(11)17/h4-5,8,11H,6-7H2,1-3H3,(H,15,18). The third kappa shape index (κ3) is 2.84. The van der Waals surface area contributed by atoms with E-state index in [4.69, 9.17) is 9.47 Å². The molecule has 0 saturated carbocycles. The number of ketones is 1. The van der Waals surface area contributed by atoms with Gasteiger partial charge in [-0.2, -0.15) is 0 Å². The van der Waals surface area contributed by atoms with Gasteiger partial charge in [0.15, 0.2) is 5.78 Å². The summed E-state index contributed by atoms with van der Waals surface area (Å²) >= 11 is 0. The number of methoxy groups -OCH3 is 1. The fourth-order valence-corrected chi connectivity index (χ4v) is 1.98. The fourth-order valence-electron chi connectivity index (χ4n) is 1.98. The van der Waals surface area contributed by atoms with Crippen molar-refractivity contribution in [1.29, 1.82) is 0 Å². The smallest absolute Gasteiger partial charge is 0.317 e. The van der Waals surface area contributed by atoms with Crippen LogP contribution in [0.15, 0.2) is 18.2 Å². The molecule has 1 aromatic carbocycles. The van der Waals surface area contributed by atoms with Crippen molar-refractivity contribution in [2.45, 2.75) is 12.5 Å². The minimum atomic E-state index is -0.585. The van der Waals surface area contributed by atoms with E-state index in [9.17, 15) is 9.59 Å². The van der Waals surface area contributed by atoms with Crippen LogP contribution in [0.1, 0.15) is 16.8 Å². The number of nitrogens with one attached hydrogen (secondary N) is 1. The van der Waals surface area contributed by atoms with Crippen LogP contribution in [0, 0.1) is 0 Å². The van der Waals surface area contributed by atoms with Gasteiger partial charge in [-0.1, -0.05) is 0 Å². The van der Waals surface area contributed by atoms with Crippen LogP contribution >= 0.6 is 0 Å². The second-order valence-electron chi connectivity index (χ2n) is 4.76. The monoisotopic (exact) mass is 278 g/mol. The molecule has 2 amide bonds. The summed E-state index contributed by atoms with van der Waals surface area (Å²) in [5.41, 5.74) is 0.436. The summed E-state index contributed by atoms with van der Waals surface area (Å²) in [5.74, 6) is 0.948. The molecule has 1 aliphatic rings. The highest BCUT2D eigenvalue weighted by molar-refractivity contribution is 6.04. The average molecular weight is 278 g/mol. The maximum Gasteiger partial charge on any atom is 0.317 e. The Kier molecular flexibility index (Phi) is 4.12. The summed E-state index contributed by atoms with van der Waals surface area (Å²) < 4.78 is 10.7. The molecule has 1 atom stereocenters. The molecular formula is C14H18N2O4. The van der Waals surface area contributed by atoms with Crippen LogP contribution in [0.2, 0.25) is 0 Å². The lowest BCUT2D eigenvalue weighted by Crippen LogP contribution is -2.45. The normalized spacial score (nSPS) is 17.6. The molecule has 2 rings (SSSR count). The minimum Gasteiger partial charge on any atom is -0.497 e. The number of benzene rings is 1. The van der Waals surface area contributed by atoms with Crippen LogP contribution in [0.25, 0.3) is 0 Å². The number of urea groups is 1. The van der Waals surface area contributed by atoms with Crippen molar-refractivity contribution in [3.05, 3.63) is 23.8 Å². The second kappa shape index (κ2) is 5.81. The van der Waals surface area contributed by atoms with Crippen LogP contribution < -0.4 is 14.8 Å². The van der Waals surface area contributed by atoms with Crippen molar-refractivity contribution in [2.75, 3.05) is 27.8 Å². The third-order valence-corrected chi connectivity index (χ3v) is 3.14. The minimum absolute atomic E-state index is 0.161. The highest BCUT2D eigenvalue weighted by atomic mass is 16.5. The molecule has 0 aliphatic carbocycles. The largest absolute Gasteiger partial charge is 0.497 e. The van der Waals surface area contributed by atoms with Gasteiger partial charge >= 0.3 is 6.03 Å². The van der Waals surface area contributed by atoms with E-state index in [1.807, 2.05) is 0 Å². The molecule has 1 aromatic rings. The lowest BCUT2D eigenvalue weighted by Gasteiger charge is -2.18. The van der Waals surface area contributed by atoms with E-state index in [-0.39, 0.29) is 11.8 Å². The van der Waals surface area contributed by atoms with E-state index < -0.39 is 6.04 Å². The van der Waals surface area contributed by atoms with E-state index in [1.54, 1.807) is 32.3 Å². The quantitative estimate of drug-likeness (QED) is 0.885. The van der Waals surface area contributed by atoms with Gasteiger partial charge in [0, 0.05) is 20.5 Å². The second-order valence-corrected chi connectivity index (χ2v) is 4.76. The zero-order valence-electron chi connectivity index (χ0n) is 11.8. The lowest BCUT2D eigenvalue weighted by molar-refractivity contribution is 0.0940. The van der Waals surface area contributed by atoms with Gasteiger partial charge in [0.25, 0.3) is 0 Å². The Morgan fingerprint density at radius 3 is 2.85 bits per heavy atom. The van der Waals surface area contributed by atoms with Crippen LogP contribution in [-0.4, -0.2) is 50.6 Å². The first-order valence-electron chi connectivity index (χ1n) is 6.36. The van der Waals surface area contributed by atoms with Crippen molar-refractivity contribution in [3.8, 4) is 11.5 Å². The van der Waals surface area contributed by atoms with Gasteiger partial charge in [0.1, 0.15) is 11.5 Å². The number of fused-ring (bicyclic) bond motifs is 1. The van der Waals surface area contributed by atoms with Crippen LogP contribution in [0.3, 0.4) is 0 Å². The number of hydrogen-bond acceptors (Lipinski definition) is 4. The van der Waals surface area contributed by atoms with Crippen molar-refractivity contribution < 1.29 is 19.1 Å². The summed E-state index contributed by atoms with van der Waals surface area (Å²) in [7, 11) is 4.79. The van der Waals surface area contributed by atoms with Crippen LogP contribution in [-0.2, 0) is 0 Å². The maximum absolute atomic E-state index is 12.5. The van der Waals surface area contributed by atoms with Crippen molar-refractivity contribution >= 4 is 11.8 Å². The van der Waals surface area contributed by atoms with Gasteiger partial charge in [-0.15, -0.1) is 0 Å². The van der Waals surface area contributed by atoms with Gasteiger partial charge < -0.3 is 19.7 Å². The van der Waals surface area contributed by atoms with Crippen molar-refractivity contribution in [3.63, 3.8) is 0 Å². The first kappa shape index (κ1) is 14.2. The zero-order chi connectivity index (χ0) is 14.7. The first-order valence-corrected chi connectivity index (χ1v) is 6.36. The summed E-state index contributed by atoms with van der Waals surface area (Å²) in [6, 6.07) is 4.21. The fraction of sp³-hybridized carbons (Fsp3) is 0.429. The number of carbonyl (C=O) groups is 2. The molecule has 6 nitrogen and oxygen atoms in total. The number of rotatable bonds is 2. The molecule has 20 heavy (non-hydrogen) atoms. The molecule has 0 fully saturated rings. The molecule has 1 aliphatic heterocycles. The Balaban J connectivity index is 2.26. The predicted molar refractivity (Wildman–Crippen MR) is 73.4 cm³/mol. The van der Waals surface area contributed by atoms with Crippen LogP contribution in [0.5, 0.6) is 11.5 Å². The highest BCUT2D eigenvalue weighted by Gasteiger charge is 2.28. The van der Waals surface area contributed by atoms with Crippen molar-refractivity contribution in [2.24, 2.45) is 0 Å². The predicted octanol–water partition coefficient (Wildman–Crippen LogP) is 1.30. The van der Waals surface area contributed by atoms with Gasteiger partial charge in [-0.05, 0) is 18.2 Å². The highest BCUT2D eigenvalue weighted by Crippen LogP contribution is 2.28. The van der Waals surface area contributed by atoms with Crippen LogP contribution in [0.4, 0.5) is 4.79 Å². The van der Waals surface area contributed by atoms with E-state index >= 15 is 0 Å². The van der Waals surface area contributed by atoms with E-state index in [0.717, 1.165) is 0 Å². The Bertz CT molecular complexity index is 528. The molecule has 0 saturated heterocycles. The van der Waals surface area contributed by atoms with Gasteiger partial charge in [0.2, 0.25) is 0 Å². The summed E-state index contributed by atoms with van der Waals surface area (Å²) in [5, 5.41) is 2.70. The Hall–Kier alpha value is -2.24. The molecular weight excluding hydrogens is 260 g/mol. The Labute approximate surface area is 117 Å². The molecule has 0 bridgehead atoms. The number of hydrogen-bond donors (Lipinski definition) is 1. The Morgan fingerprint density at radius 2 is 2.20 bits per heavy atom. The Morgan fingerprint density at radius 1 is 1.45 bits per heavy atom. The number of amides is 2. The van der Waals surface area contributed by atoms with E-state index in [2.05, 4.69) is 5.32 Å². The number of nitrogens with zero attached hydrogens (tertiary/aromatic N) is 1. The van der Waals surface area contributed by atoms with Gasteiger partial charge in [0.05, 0.1) is 25.3 Å². The SMILES string of the molecule is COc1ccc2c(c1)C(=O)C(NC(=O)N(C)C)CCO2.